The van der Waals surface area contributed by atoms with Crippen molar-refractivity contribution < 1.29 is 22.7 Å². The van der Waals surface area contributed by atoms with Crippen molar-refractivity contribution in [1.82, 2.24) is 19.8 Å². The quantitative estimate of drug-likeness (QED) is 0.251. The Balaban J connectivity index is 1.46. The fourth-order valence-electron chi connectivity index (χ4n) is 6.04. The van der Waals surface area contributed by atoms with Gasteiger partial charge in [0.1, 0.15) is 23.8 Å². The summed E-state index contributed by atoms with van der Waals surface area (Å²) in [6.07, 6.45) is 1.90. The Hall–Kier alpha value is -4.21. The van der Waals surface area contributed by atoms with Gasteiger partial charge < -0.3 is 19.4 Å². The first-order valence-corrected chi connectivity index (χ1v) is 14.9. The second kappa shape index (κ2) is 11.8. The van der Waals surface area contributed by atoms with Gasteiger partial charge in [-0.1, -0.05) is 18.7 Å². The molecule has 2 atom stereocenters. The highest BCUT2D eigenvalue weighted by Gasteiger charge is 2.34. The molecular weight excluding hydrogens is 577 g/mol. The van der Waals surface area contributed by atoms with E-state index in [-0.39, 0.29) is 60.4 Å². The lowest BCUT2D eigenvalue weighted by Crippen LogP contribution is -2.55. The number of hydrogen-bond donors (Lipinski definition) is 0. The Morgan fingerprint density at radius 2 is 2.02 bits per heavy atom. The van der Waals surface area contributed by atoms with E-state index in [9.17, 15) is 14.4 Å². The molecule has 0 aliphatic carbocycles. The molecule has 2 fully saturated rings. The van der Waals surface area contributed by atoms with Gasteiger partial charge in [-0.25, -0.2) is 13.2 Å². The lowest BCUT2D eigenvalue weighted by Gasteiger charge is -2.41. The molecule has 0 radical (unpaired) electrons. The van der Waals surface area contributed by atoms with Crippen LogP contribution in [-0.2, 0) is 4.79 Å². The Bertz CT molecular complexity index is 1770. The third-order valence-electron chi connectivity index (χ3n) is 8.29. The van der Waals surface area contributed by atoms with Gasteiger partial charge in [0.15, 0.2) is 11.6 Å². The number of nitriles is 1. The molecule has 4 aromatic rings. The molecule has 0 spiro atoms. The maximum Gasteiger partial charge on any atom is 0.319 e. The highest BCUT2D eigenvalue weighted by molar-refractivity contribution is 7.17. The summed E-state index contributed by atoms with van der Waals surface area (Å²) in [4.78, 5) is 26.7. The summed E-state index contributed by atoms with van der Waals surface area (Å²) in [7, 11) is 2.01. The minimum atomic E-state index is -1.12. The van der Waals surface area contributed by atoms with Gasteiger partial charge in [-0.3, -0.25) is 4.79 Å². The molecule has 1 unspecified atom stereocenters. The van der Waals surface area contributed by atoms with E-state index >= 15 is 8.78 Å². The number of nitrogens with zero attached hydrogens (tertiary/aromatic N) is 6. The number of anilines is 1. The zero-order valence-corrected chi connectivity index (χ0v) is 24.3. The number of thiophene rings is 1. The number of fused-ring (bicyclic) bond motifs is 2. The average molecular weight is 607 g/mol. The van der Waals surface area contributed by atoms with E-state index in [1.54, 1.807) is 17.0 Å². The fourth-order valence-corrected chi connectivity index (χ4v) is 6.85. The lowest BCUT2D eigenvalue weighted by molar-refractivity contribution is -0.131. The van der Waals surface area contributed by atoms with E-state index < -0.39 is 29.4 Å². The van der Waals surface area contributed by atoms with Gasteiger partial charge in [-0.05, 0) is 55.6 Å². The van der Waals surface area contributed by atoms with Gasteiger partial charge in [0.05, 0.1) is 24.1 Å². The van der Waals surface area contributed by atoms with Crippen molar-refractivity contribution in [1.29, 1.82) is 5.26 Å². The number of likely N-dealkylation sites (tertiary alicyclic amines) is 1. The molecule has 0 N–H and O–H groups in total. The third-order valence-corrected chi connectivity index (χ3v) is 9.17. The van der Waals surface area contributed by atoms with Crippen LogP contribution in [0.25, 0.3) is 32.1 Å². The molecule has 43 heavy (non-hydrogen) atoms. The largest absolute Gasteiger partial charge is 0.462 e. The minimum absolute atomic E-state index is 0.0551. The summed E-state index contributed by atoms with van der Waals surface area (Å²) in [5.41, 5.74) is 0.122. The van der Waals surface area contributed by atoms with Crippen LogP contribution in [-0.4, -0.2) is 77.6 Å². The van der Waals surface area contributed by atoms with Crippen molar-refractivity contribution in [2.24, 2.45) is 0 Å². The molecule has 6 rings (SSSR count). The van der Waals surface area contributed by atoms with Crippen molar-refractivity contribution >= 4 is 44.1 Å². The zero-order chi connectivity index (χ0) is 30.2. The zero-order valence-electron chi connectivity index (χ0n) is 23.5. The number of piperazine rings is 1. The molecule has 4 heterocycles. The summed E-state index contributed by atoms with van der Waals surface area (Å²) < 4.78 is 53.1. The van der Waals surface area contributed by atoms with Crippen LogP contribution in [0.5, 0.6) is 6.01 Å². The van der Waals surface area contributed by atoms with Crippen LogP contribution in [0.4, 0.5) is 19.0 Å². The Morgan fingerprint density at radius 3 is 2.77 bits per heavy atom. The van der Waals surface area contributed by atoms with E-state index in [1.165, 1.54) is 22.3 Å². The van der Waals surface area contributed by atoms with Crippen molar-refractivity contribution in [2.45, 2.75) is 31.3 Å². The molecule has 0 bridgehead atoms. The first-order chi connectivity index (χ1) is 20.8. The summed E-state index contributed by atoms with van der Waals surface area (Å²) in [6, 6.07) is 9.84. The Labute approximate surface area is 250 Å². The number of hydrogen-bond acceptors (Lipinski definition) is 8. The van der Waals surface area contributed by atoms with E-state index in [4.69, 9.17) is 4.74 Å². The number of aromatic nitrogens is 2. The number of likely N-dealkylation sites (N-methyl/N-ethyl adjacent to an activating group) is 1. The monoisotopic (exact) mass is 606 g/mol. The number of carbonyl (C=O) groups is 1. The number of amides is 1. The maximum atomic E-state index is 16.5. The minimum Gasteiger partial charge on any atom is -0.462 e. The smallest absolute Gasteiger partial charge is 0.319 e. The van der Waals surface area contributed by atoms with Crippen LogP contribution in [0, 0.1) is 23.0 Å². The van der Waals surface area contributed by atoms with Crippen LogP contribution < -0.4 is 9.64 Å². The van der Waals surface area contributed by atoms with Crippen molar-refractivity contribution in [3.8, 4) is 23.2 Å². The molecular formula is C31H29F3N6O2S. The number of carbonyl (C=O) groups excluding carboxylic acids is 1. The predicted octanol–water partition coefficient (Wildman–Crippen LogP) is 5.68. The van der Waals surface area contributed by atoms with Crippen LogP contribution in [0.1, 0.15) is 19.3 Å². The normalized spacial score (nSPS) is 19.2. The standard InChI is InChI=1S/C31H29F3N6O2S/c1-18(32)30(41)40-13-12-39(16-19(40)8-10-35)29-23-15-24(33)26(22-6-3-7-25-21(22)9-14-43-25)27(34)28(23)36-31(37-29)42-17-20-5-4-11-38(20)2/h3,6-7,9,14-15,19-20H,1,4-5,8,11-13,16-17H2,2H3/t19-,20?/m0/s1. The third kappa shape index (κ3) is 5.39. The second-order valence-electron chi connectivity index (χ2n) is 10.9. The highest BCUT2D eigenvalue weighted by atomic mass is 32.1. The number of halogens is 3. The van der Waals surface area contributed by atoms with Crippen LogP contribution in [0.15, 0.2) is 48.1 Å². The number of benzene rings is 2. The van der Waals surface area contributed by atoms with E-state index in [1.807, 2.05) is 30.6 Å². The molecule has 0 saturated carbocycles. The maximum absolute atomic E-state index is 16.5. The lowest BCUT2D eigenvalue weighted by atomic mass is 9.99. The van der Waals surface area contributed by atoms with Gasteiger partial charge in [0.2, 0.25) is 0 Å². The van der Waals surface area contributed by atoms with Gasteiger partial charge >= 0.3 is 6.01 Å². The van der Waals surface area contributed by atoms with Crippen molar-refractivity contribution in [3.63, 3.8) is 0 Å². The fraction of sp³-hybridized carbons (Fsp3) is 0.355. The Morgan fingerprint density at radius 1 is 1.19 bits per heavy atom. The SMILES string of the molecule is C=C(F)C(=O)N1CCN(c2nc(OCC3CCCN3C)nc3c(F)c(-c4cccc5sccc45)c(F)cc23)C[C@@H]1CC#N. The Kier molecular flexibility index (Phi) is 7.94. The molecule has 12 heteroatoms. The summed E-state index contributed by atoms with van der Waals surface area (Å²) in [6.45, 7) is 4.67. The molecule has 222 valence electrons. The van der Waals surface area contributed by atoms with Crippen LogP contribution >= 0.6 is 11.3 Å². The molecule has 2 aliphatic rings. The van der Waals surface area contributed by atoms with Gasteiger partial charge in [0, 0.05) is 41.1 Å². The molecule has 2 aliphatic heterocycles. The van der Waals surface area contributed by atoms with E-state index in [0.29, 0.717) is 12.2 Å². The average Bonchev–Trinajstić information content (AvgIpc) is 3.65. The van der Waals surface area contributed by atoms with Crippen LogP contribution in [0.2, 0.25) is 0 Å². The predicted molar refractivity (Wildman–Crippen MR) is 160 cm³/mol. The van der Waals surface area contributed by atoms with Gasteiger partial charge in [-0.15, -0.1) is 11.3 Å². The summed E-state index contributed by atoms with van der Waals surface area (Å²) in [5.74, 6) is -3.40. The number of rotatable bonds is 7. The number of ether oxygens (including phenoxy) is 1. The van der Waals surface area contributed by atoms with Crippen LogP contribution in [0.3, 0.4) is 0 Å². The molecule has 1 amide bonds. The first-order valence-electron chi connectivity index (χ1n) is 14.0. The van der Waals surface area contributed by atoms with E-state index in [0.717, 1.165) is 29.5 Å². The summed E-state index contributed by atoms with van der Waals surface area (Å²) in [5, 5.41) is 12.2. The topological polar surface area (TPSA) is 85.6 Å². The van der Waals surface area contributed by atoms with Gasteiger partial charge in [0.25, 0.3) is 5.91 Å². The molecule has 2 aromatic heterocycles. The summed E-state index contributed by atoms with van der Waals surface area (Å²) >= 11 is 1.48. The van der Waals surface area contributed by atoms with E-state index in [2.05, 4.69) is 21.4 Å². The van der Waals surface area contributed by atoms with Crippen molar-refractivity contribution in [2.75, 3.05) is 44.7 Å². The van der Waals surface area contributed by atoms with Gasteiger partial charge in [-0.2, -0.15) is 15.2 Å². The molecule has 2 aromatic carbocycles. The molecule has 8 nitrogen and oxygen atoms in total. The van der Waals surface area contributed by atoms with Crippen molar-refractivity contribution in [3.05, 3.63) is 59.8 Å². The highest BCUT2D eigenvalue weighted by Crippen LogP contribution is 2.39. The second-order valence-corrected chi connectivity index (χ2v) is 11.8. The molecule has 2 saturated heterocycles. The first kappa shape index (κ1) is 28.9.